The van der Waals surface area contributed by atoms with Crippen LogP contribution >= 0.6 is 11.6 Å². The third kappa shape index (κ3) is 4.98. The molecule has 3 aromatic heterocycles. The van der Waals surface area contributed by atoms with E-state index in [0.717, 1.165) is 28.5 Å². The molecule has 0 amide bonds. The molecule has 0 aliphatic carbocycles. The standard InChI is InChI=1S/C23H24ClN5O4/c1-4-14-10-19-15(12-26-29(19)7-5-6-20(30)31)8-17(14)21-27-22(33-28-21)16-9-18(24)23(25-11-16)32-13(2)3/h8-13H,4-7H2,1-3H3,(H,30,31). The van der Waals surface area contributed by atoms with Crippen molar-refractivity contribution < 1.29 is 19.2 Å². The van der Waals surface area contributed by atoms with Crippen LogP contribution in [0.15, 0.2) is 35.1 Å². The highest BCUT2D eigenvalue weighted by Gasteiger charge is 2.18. The minimum Gasteiger partial charge on any atom is -0.481 e. The van der Waals surface area contributed by atoms with Gasteiger partial charge in [0.1, 0.15) is 5.02 Å². The number of hydrogen-bond acceptors (Lipinski definition) is 7. The number of fused-ring (bicyclic) bond motifs is 1. The number of nitrogens with zero attached hydrogens (tertiary/aromatic N) is 5. The molecule has 33 heavy (non-hydrogen) atoms. The van der Waals surface area contributed by atoms with E-state index in [1.165, 1.54) is 0 Å². The molecule has 9 nitrogen and oxygen atoms in total. The lowest BCUT2D eigenvalue weighted by Gasteiger charge is -2.09. The van der Waals surface area contributed by atoms with Gasteiger partial charge in [0.25, 0.3) is 5.89 Å². The van der Waals surface area contributed by atoms with Gasteiger partial charge in [-0.3, -0.25) is 9.48 Å². The summed E-state index contributed by atoms with van der Waals surface area (Å²) >= 11 is 6.30. The molecule has 1 aromatic carbocycles. The molecule has 0 fully saturated rings. The molecule has 10 heteroatoms. The summed E-state index contributed by atoms with van der Waals surface area (Å²) in [5, 5.41) is 18.8. The number of aliphatic carboxylic acids is 1. The average Bonchev–Trinajstić information content (AvgIpc) is 3.41. The fraction of sp³-hybridized carbons (Fsp3) is 0.348. The molecule has 0 saturated carbocycles. The normalized spacial score (nSPS) is 11.4. The molecule has 1 N–H and O–H groups in total. The topological polar surface area (TPSA) is 116 Å². The van der Waals surface area contributed by atoms with Gasteiger partial charge in [0, 0.05) is 30.1 Å². The Hall–Kier alpha value is -3.46. The number of benzene rings is 1. The summed E-state index contributed by atoms with van der Waals surface area (Å²) in [6.07, 6.45) is 4.68. The van der Waals surface area contributed by atoms with Crippen LogP contribution in [-0.2, 0) is 17.8 Å². The van der Waals surface area contributed by atoms with E-state index in [0.29, 0.717) is 41.1 Å². The van der Waals surface area contributed by atoms with Gasteiger partial charge in [0.2, 0.25) is 11.7 Å². The van der Waals surface area contributed by atoms with E-state index >= 15 is 0 Å². The number of aryl methyl sites for hydroxylation is 2. The number of carboxylic acid groups (broad SMARTS) is 1. The van der Waals surface area contributed by atoms with E-state index < -0.39 is 5.97 Å². The second-order valence-corrected chi connectivity index (χ2v) is 8.29. The van der Waals surface area contributed by atoms with Crippen LogP contribution in [0.5, 0.6) is 5.88 Å². The van der Waals surface area contributed by atoms with Crippen molar-refractivity contribution in [2.24, 2.45) is 0 Å². The Labute approximate surface area is 195 Å². The van der Waals surface area contributed by atoms with Gasteiger partial charge in [0.15, 0.2) is 0 Å². The van der Waals surface area contributed by atoms with Gasteiger partial charge in [0.05, 0.1) is 23.4 Å². The zero-order valence-electron chi connectivity index (χ0n) is 18.6. The molecule has 172 valence electrons. The van der Waals surface area contributed by atoms with Crippen LogP contribution in [0.25, 0.3) is 33.7 Å². The van der Waals surface area contributed by atoms with Gasteiger partial charge in [-0.25, -0.2) is 4.98 Å². The van der Waals surface area contributed by atoms with Gasteiger partial charge >= 0.3 is 5.97 Å². The van der Waals surface area contributed by atoms with Crippen molar-refractivity contribution in [3.63, 3.8) is 0 Å². The predicted molar refractivity (Wildman–Crippen MR) is 123 cm³/mol. The molecular weight excluding hydrogens is 446 g/mol. The first-order valence-electron chi connectivity index (χ1n) is 10.7. The number of halogens is 1. The van der Waals surface area contributed by atoms with Crippen molar-refractivity contribution in [2.45, 2.75) is 52.7 Å². The Morgan fingerprint density at radius 3 is 2.79 bits per heavy atom. The highest BCUT2D eigenvalue weighted by molar-refractivity contribution is 6.32. The van der Waals surface area contributed by atoms with Crippen LogP contribution in [0.1, 0.15) is 39.2 Å². The van der Waals surface area contributed by atoms with E-state index in [1.807, 2.05) is 37.6 Å². The molecule has 0 aliphatic rings. The van der Waals surface area contributed by atoms with Crippen molar-refractivity contribution in [3.05, 3.63) is 41.2 Å². The molecule has 4 aromatic rings. The van der Waals surface area contributed by atoms with Crippen molar-refractivity contribution in [2.75, 3.05) is 0 Å². The van der Waals surface area contributed by atoms with Crippen molar-refractivity contribution in [3.8, 4) is 28.7 Å². The molecular formula is C23H24ClN5O4. The molecule has 0 unspecified atom stereocenters. The summed E-state index contributed by atoms with van der Waals surface area (Å²) in [5.41, 5.74) is 3.43. The number of carbonyl (C=O) groups is 1. The van der Waals surface area contributed by atoms with Crippen LogP contribution in [0.3, 0.4) is 0 Å². The quantitative estimate of drug-likeness (QED) is 0.363. The Morgan fingerprint density at radius 2 is 2.09 bits per heavy atom. The first-order chi connectivity index (χ1) is 15.9. The highest BCUT2D eigenvalue weighted by atomic mass is 35.5. The summed E-state index contributed by atoms with van der Waals surface area (Å²) in [6, 6.07) is 5.72. The van der Waals surface area contributed by atoms with Crippen LogP contribution in [0.4, 0.5) is 0 Å². The monoisotopic (exact) mass is 469 g/mol. The van der Waals surface area contributed by atoms with Crippen LogP contribution in [0, 0.1) is 0 Å². The van der Waals surface area contributed by atoms with Crippen molar-refractivity contribution >= 4 is 28.5 Å². The summed E-state index contributed by atoms with van der Waals surface area (Å²) in [5.74, 6) is 0.312. The van der Waals surface area contributed by atoms with E-state index in [-0.39, 0.29) is 12.5 Å². The zero-order chi connectivity index (χ0) is 23.5. The molecule has 0 bridgehead atoms. The van der Waals surface area contributed by atoms with E-state index in [2.05, 4.69) is 20.2 Å². The number of pyridine rings is 1. The van der Waals surface area contributed by atoms with Gasteiger partial charge < -0.3 is 14.4 Å². The predicted octanol–water partition coefficient (Wildman–Crippen LogP) is 5.02. The molecule has 0 spiro atoms. The fourth-order valence-corrected chi connectivity index (χ4v) is 3.74. The Kier molecular flexibility index (Phi) is 6.60. The minimum atomic E-state index is -0.811. The number of rotatable bonds is 9. The second-order valence-electron chi connectivity index (χ2n) is 7.89. The third-order valence-electron chi connectivity index (χ3n) is 5.08. The van der Waals surface area contributed by atoms with Crippen LogP contribution < -0.4 is 4.74 Å². The maximum Gasteiger partial charge on any atom is 0.303 e. The number of ether oxygens (including phenoxy) is 1. The zero-order valence-corrected chi connectivity index (χ0v) is 19.3. The first kappa shape index (κ1) is 22.7. The lowest BCUT2D eigenvalue weighted by atomic mass is 10.0. The number of aromatic nitrogens is 5. The number of carboxylic acids is 1. The SMILES string of the molecule is CCc1cc2c(cnn2CCCC(=O)O)cc1-c1noc(-c2cnc(OC(C)C)c(Cl)c2)n1. The summed E-state index contributed by atoms with van der Waals surface area (Å²) in [6.45, 7) is 6.39. The molecule has 3 heterocycles. The highest BCUT2D eigenvalue weighted by Crippen LogP contribution is 2.31. The minimum absolute atomic E-state index is 0.0419. The van der Waals surface area contributed by atoms with Gasteiger partial charge in [-0.05, 0) is 50.5 Å². The van der Waals surface area contributed by atoms with E-state index in [1.54, 1.807) is 18.5 Å². The van der Waals surface area contributed by atoms with Gasteiger partial charge in [-0.15, -0.1) is 0 Å². The Bertz CT molecular complexity index is 1300. The molecule has 0 atom stereocenters. The van der Waals surface area contributed by atoms with Gasteiger partial charge in [-0.1, -0.05) is 23.7 Å². The lowest BCUT2D eigenvalue weighted by Crippen LogP contribution is -2.07. The number of hydrogen-bond donors (Lipinski definition) is 1. The second kappa shape index (κ2) is 9.58. The van der Waals surface area contributed by atoms with E-state index in [9.17, 15) is 4.79 Å². The van der Waals surface area contributed by atoms with Crippen LogP contribution in [-0.4, -0.2) is 42.1 Å². The Balaban J connectivity index is 1.63. The molecule has 0 radical (unpaired) electrons. The van der Waals surface area contributed by atoms with Crippen molar-refractivity contribution in [1.29, 1.82) is 0 Å². The fourth-order valence-electron chi connectivity index (χ4n) is 3.53. The average molecular weight is 470 g/mol. The summed E-state index contributed by atoms with van der Waals surface area (Å²) in [7, 11) is 0. The first-order valence-corrected chi connectivity index (χ1v) is 11.1. The third-order valence-corrected chi connectivity index (χ3v) is 5.35. The molecule has 4 rings (SSSR count). The van der Waals surface area contributed by atoms with Gasteiger partial charge in [-0.2, -0.15) is 10.1 Å². The maximum absolute atomic E-state index is 10.8. The van der Waals surface area contributed by atoms with E-state index in [4.69, 9.17) is 26.0 Å². The van der Waals surface area contributed by atoms with Crippen molar-refractivity contribution in [1.82, 2.24) is 24.9 Å². The summed E-state index contributed by atoms with van der Waals surface area (Å²) in [4.78, 5) is 19.6. The smallest absolute Gasteiger partial charge is 0.303 e. The van der Waals surface area contributed by atoms with Crippen LogP contribution in [0.2, 0.25) is 5.02 Å². The molecule has 0 saturated heterocycles. The molecule has 0 aliphatic heterocycles. The lowest BCUT2D eigenvalue weighted by molar-refractivity contribution is -0.137. The largest absolute Gasteiger partial charge is 0.481 e. The summed E-state index contributed by atoms with van der Waals surface area (Å²) < 4.78 is 12.9. The Morgan fingerprint density at radius 1 is 1.27 bits per heavy atom. The maximum atomic E-state index is 10.8.